The number of ether oxygens (including phenoxy) is 2. The van der Waals surface area contributed by atoms with E-state index in [4.69, 9.17) is 21.7 Å². The van der Waals surface area contributed by atoms with Gasteiger partial charge in [-0.25, -0.2) is 0 Å². The van der Waals surface area contributed by atoms with Crippen LogP contribution in [-0.2, 0) is 9.53 Å². The second kappa shape index (κ2) is 6.82. The van der Waals surface area contributed by atoms with Crippen molar-refractivity contribution < 1.29 is 14.3 Å². The van der Waals surface area contributed by atoms with Gasteiger partial charge in [0.05, 0.1) is 0 Å². The average Bonchev–Trinajstić information content (AvgIpc) is 2.46. The summed E-state index contributed by atoms with van der Waals surface area (Å²) in [5, 5.41) is 0.206. The van der Waals surface area contributed by atoms with Gasteiger partial charge in [0.1, 0.15) is 5.75 Å². The predicted octanol–water partition coefficient (Wildman–Crippen LogP) is 3.70. The van der Waals surface area contributed by atoms with E-state index in [-0.39, 0.29) is 5.05 Å². The summed E-state index contributed by atoms with van der Waals surface area (Å²) in [6.45, 7) is 1.35. The molecule has 0 saturated carbocycles. The zero-order chi connectivity index (χ0) is 14.4. The normalized spacial score (nSPS) is 11.4. The maximum absolute atomic E-state index is 11.2. The van der Waals surface area contributed by atoms with Crippen LogP contribution in [0, 0.1) is 0 Å². The standard InChI is InChI=1S/C16H14O3S/c1-12(17)18-15(13-8-4-2-5-9-13)16(20)19-14-10-6-3-7-11-14/h2-11,15H,1H3. The van der Waals surface area contributed by atoms with Crippen molar-refractivity contribution in [2.75, 3.05) is 0 Å². The van der Waals surface area contributed by atoms with Crippen molar-refractivity contribution in [3.8, 4) is 5.75 Å². The van der Waals surface area contributed by atoms with E-state index in [1.165, 1.54) is 6.92 Å². The van der Waals surface area contributed by atoms with Crippen LogP contribution in [0.3, 0.4) is 0 Å². The minimum Gasteiger partial charge on any atom is -0.448 e. The van der Waals surface area contributed by atoms with E-state index in [0.717, 1.165) is 5.56 Å². The SMILES string of the molecule is CC(=O)OC(C(=S)Oc1ccccc1)c1ccccc1. The van der Waals surface area contributed by atoms with Crippen LogP contribution in [0.2, 0.25) is 0 Å². The summed E-state index contributed by atoms with van der Waals surface area (Å²) in [5.41, 5.74) is 0.781. The lowest BCUT2D eigenvalue weighted by Crippen LogP contribution is -2.21. The van der Waals surface area contributed by atoms with E-state index < -0.39 is 12.1 Å². The third-order valence-corrected chi connectivity index (χ3v) is 2.86. The van der Waals surface area contributed by atoms with E-state index in [0.29, 0.717) is 5.75 Å². The lowest BCUT2D eigenvalue weighted by Gasteiger charge is -2.18. The fraction of sp³-hybridized carbons (Fsp3) is 0.125. The minimum atomic E-state index is -0.691. The highest BCUT2D eigenvalue weighted by Gasteiger charge is 2.22. The molecule has 2 aromatic rings. The van der Waals surface area contributed by atoms with Gasteiger partial charge >= 0.3 is 5.97 Å². The van der Waals surface area contributed by atoms with Gasteiger partial charge in [0.15, 0.2) is 6.10 Å². The number of benzene rings is 2. The molecule has 2 aromatic carbocycles. The van der Waals surface area contributed by atoms with Gasteiger partial charge in [-0.3, -0.25) is 4.79 Å². The summed E-state index contributed by atoms with van der Waals surface area (Å²) in [5.74, 6) is 0.212. The molecule has 0 aromatic heterocycles. The van der Waals surface area contributed by atoms with E-state index in [1.807, 2.05) is 48.5 Å². The van der Waals surface area contributed by atoms with Crippen LogP contribution < -0.4 is 4.74 Å². The summed E-state index contributed by atoms with van der Waals surface area (Å²) in [6.07, 6.45) is -0.691. The number of rotatable bonds is 4. The molecule has 0 aliphatic heterocycles. The first-order valence-electron chi connectivity index (χ1n) is 6.16. The third-order valence-electron chi connectivity index (χ3n) is 2.56. The molecule has 0 bridgehead atoms. The Bertz CT molecular complexity index is 581. The smallest absolute Gasteiger partial charge is 0.303 e. The number of carbonyl (C=O) groups is 1. The highest BCUT2D eigenvalue weighted by molar-refractivity contribution is 7.80. The lowest BCUT2D eigenvalue weighted by molar-refractivity contribution is -0.143. The molecule has 0 heterocycles. The molecule has 2 rings (SSSR count). The molecule has 0 radical (unpaired) electrons. The van der Waals surface area contributed by atoms with Crippen molar-refractivity contribution in [3.05, 3.63) is 66.2 Å². The van der Waals surface area contributed by atoms with Gasteiger partial charge in [-0.05, 0) is 24.4 Å². The molecular formula is C16H14O3S. The molecule has 0 spiro atoms. The minimum absolute atomic E-state index is 0.206. The quantitative estimate of drug-likeness (QED) is 0.634. The van der Waals surface area contributed by atoms with Crippen molar-refractivity contribution in [2.24, 2.45) is 0 Å². The molecule has 0 aliphatic rings. The molecule has 0 N–H and O–H groups in total. The maximum atomic E-state index is 11.2. The molecule has 0 amide bonds. The summed E-state index contributed by atoms with van der Waals surface area (Å²) in [6, 6.07) is 18.5. The second-order valence-corrected chi connectivity index (χ2v) is 4.54. The first kappa shape index (κ1) is 14.2. The summed E-state index contributed by atoms with van der Waals surface area (Å²) < 4.78 is 10.9. The first-order chi connectivity index (χ1) is 9.66. The Morgan fingerprint density at radius 1 is 1.00 bits per heavy atom. The van der Waals surface area contributed by atoms with Crippen molar-refractivity contribution in [1.29, 1.82) is 0 Å². The summed E-state index contributed by atoms with van der Waals surface area (Å²) in [4.78, 5) is 11.2. The average molecular weight is 286 g/mol. The Morgan fingerprint density at radius 3 is 2.10 bits per heavy atom. The molecule has 0 aliphatic carbocycles. The number of para-hydroxylation sites is 1. The van der Waals surface area contributed by atoms with E-state index in [9.17, 15) is 4.79 Å². The highest BCUT2D eigenvalue weighted by atomic mass is 32.1. The Kier molecular flexibility index (Phi) is 4.85. The van der Waals surface area contributed by atoms with E-state index in [1.54, 1.807) is 12.1 Å². The summed E-state index contributed by atoms with van der Waals surface area (Å²) in [7, 11) is 0. The number of hydrogen-bond donors (Lipinski definition) is 0. The van der Waals surface area contributed by atoms with E-state index in [2.05, 4.69) is 0 Å². The Hall–Kier alpha value is -2.20. The van der Waals surface area contributed by atoms with Gasteiger partial charge in [0.2, 0.25) is 5.05 Å². The number of hydrogen-bond acceptors (Lipinski definition) is 4. The molecule has 4 heteroatoms. The van der Waals surface area contributed by atoms with Crippen molar-refractivity contribution in [3.63, 3.8) is 0 Å². The Labute approximate surface area is 123 Å². The largest absolute Gasteiger partial charge is 0.448 e. The first-order valence-corrected chi connectivity index (χ1v) is 6.56. The van der Waals surface area contributed by atoms with Gasteiger partial charge in [-0.15, -0.1) is 0 Å². The van der Waals surface area contributed by atoms with Crippen molar-refractivity contribution >= 4 is 23.2 Å². The fourth-order valence-corrected chi connectivity index (χ4v) is 1.98. The molecule has 1 unspecified atom stereocenters. The molecule has 3 nitrogen and oxygen atoms in total. The second-order valence-electron chi connectivity index (χ2n) is 4.13. The highest BCUT2D eigenvalue weighted by Crippen LogP contribution is 2.22. The van der Waals surface area contributed by atoms with Crippen LogP contribution in [-0.4, -0.2) is 11.0 Å². The molecule has 1 atom stereocenters. The van der Waals surface area contributed by atoms with Crippen LogP contribution >= 0.6 is 12.2 Å². The number of esters is 1. The molecule has 20 heavy (non-hydrogen) atoms. The Balaban J connectivity index is 2.18. The van der Waals surface area contributed by atoms with Crippen molar-refractivity contribution in [2.45, 2.75) is 13.0 Å². The van der Waals surface area contributed by atoms with Crippen molar-refractivity contribution in [1.82, 2.24) is 0 Å². The topological polar surface area (TPSA) is 35.5 Å². The van der Waals surface area contributed by atoms with Crippen LogP contribution in [0.15, 0.2) is 60.7 Å². The predicted molar refractivity (Wildman–Crippen MR) is 80.6 cm³/mol. The van der Waals surface area contributed by atoms with Crippen LogP contribution in [0.1, 0.15) is 18.6 Å². The third kappa shape index (κ3) is 3.90. The molecular weight excluding hydrogens is 272 g/mol. The van der Waals surface area contributed by atoms with Crippen LogP contribution in [0.4, 0.5) is 0 Å². The van der Waals surface area contributed by atoms with Gasteiger partial charge in [-0.2, -0.15) is 0 Å². The molecule has 102 valence electrons. The number of carbonyl (C=O) groups excluding carboxylic acids is 1. The number of thiocarbonyl (C=S) groups is 1. The van der Waals surface area contributed by atoms with E-state index >= 15 is 0 Å². The van der Waals surface area contributed by atoms with Gasteiger partial charge < -0.3 is 9.47 Å². The lowest BCUT2D eigenvalue weighted by atomic mass is 10.1. The monoisotopic (exact) mass is 286 g/mol. The molecule has 0 fully saturated rings. The van der Waals surface area contributed by atoms with Crippen LogP contribution in [0.25, 0.3) is 0 Å². The zero-order valence-corrected chi connectivity index (χ0v) is 11.8. The van der Waals surface area contributed by atoms with Gasteiger partial charge in [-0.1, -0.05) is 48.5 Å². The van der Waals surface area contributed by atoms with Gasteiger partial charge in [0, 0.05) is 12.5 Å². The maximum Gasteiger partial charge on any atom is 0.303 e. The fourth-order valence-electron chi connectivity index (χ4n) is 1.70. The zero-order valence-electron chi connectivity index (χ0n) is 11.0. The Morgan fingerprint density at radius 2 is 1.55 bits per heavy atom. The molecule has 0 saturated heterocycles. The van der Waals surface area contributed by atoms with Crippen LogP contribution in [0.5, 0.6) is 5.75 Å². The van der Waals surface area contributed by atoms with Gasteiger partial charge in [0.25, 0.3) is 0 Å². The summed E-state index contributed by atoms with van der Waals surface area (Å²) >= 11 is 5.26.